The summed E-state index contributed by atoms with van der Waals surface area (Å²) in [4.78, 5) is 4.56. The topological polar surface area (TPSA) is 52.0 Å². The molecule has 20 heavy (non-hydrogen) atoms. The highest BCUT2D eigenvalue weighted by Gasteiger charge is 2.21. The molecule has 2 aromatic heterocycles. The third-order valence-corrected chi connectivity index (χ3v) is 5.31. The second kappa shape index (κ2) is 4.71. The summed E-state index contributed by atoms with van der Waals surface area (Å²) in [5.41, 5.74) is 1.86. The maximum absolute atomic E-state index is 12.7. The van der Waals surface area contributed by atoms with Gasteiger partial charge in [0.25, 0.3) is 10.0 Å². The molecular weight excluding hydrogens is 340 g/mol. The molecule has 3 rings (SSSR count). The highest BCUT2D eigenvalue weighted by molar-refractivity contribution is 9.10. The van der Waals surface area contributed by atoms with E-state index in [2.05, 4.69) is 20.9 Å². The molecule has 0 saturated heterocycles. The largest absolute Gasteiger partial charge is 0.268 e. The Morgan fingerprint density at radius 2 is 1.80 bits per heavy atom. The van der Waals surface area contributed by atoms with Crippen LogP contribution in [0.3, 0.4) is 0 Å². The zero-order chi connectivity index (χ0) is 14.3. The van der Waals surface area contributed by atoms with E-state index in [0.717, 1.165) is 0 Å². The first-order valence-corrected chi connectivity index (χ1v) is 8.19. The van der Waals surface area contributed by atoms with Crippen LogP contribution < -0.4 is 0 Å². The fraction of sp³-hybridized carbons (Fsp3) is 0.0714. The molecule has 0 bridgehead atoms. The molecule has 6 heteroatoms. The number of pyridine rings is 1. The Morgan fingerprint density at radius 1 is 1.10 bits per heavy atom. The minimum Gasteiger partial charge on any atom is -0.239 e. The van der Waals surface area contributed by atoms with E-state index < -0.39 is 10.0 Å². The fourth-order valence-corrected chi connectivity index (χ4v) is 4.06. The summed E-state index contributed by atoms with van der Waals surface area (Å²) in [7, 11) is -3.60. The van der Waals surface area contributed by atoms with Crippen molar-refractivity contribution >= 4 is 37.0 Å². The lowest BCUT2D eigenvalue weighted by Gasteiger charge is -2.09. The fourth-order valence-electron chi connectivity index (χ4n) is 2.18. The molecule has 3 aromatic rings. The number of rotatable bonds is 2. The van der Waals surface area contributed by atoms with Gasteiger partial charge in [0.1, 0.15) is 4.60 Å². The van der Waals surface area contributed by atoms with Gasteiger partial charge in [0.05, 0.1) is 15.9 Å². The average molecular weight is 351 g/mol. The predicted molar refractivity (Wildman–Crippen MR) is 81.2 cm³/mol. The molecular formula is C14H11BrN2O2S. The van der Waals surface area contributed by atoms with Gasteiger partial charge in [-0.25, -0.2) is 17.4 Å². The number of nitrogens with zero attached hydrogens (tertiary/aromatic N) is 2. The molecule has 0 saturated carbocycles. The van der Waals surface area contributed by atoms with Crippen LogP contribution in [0.5, 0.6) is 0 Å². The van der Waals surface area contributed by atoms with Crippen molar-refractivity contribution in [3.63, 3.8) is 0 Å². The van der Waals surface area contributed by atoms with Crippen LogP contribution in [-0.2, 0) is 10.0 Å². The van der Waals surface area contributed by atoms with E-state index in [4.69, 9.17) is 0 Å². The summed E-state index contributed by atoms with van der Waals surface area (Å²) < 4.78 is 27.5. The molecule has 0 radical (unpaired) electrons. The molecule has 4 nitrogen and oxygen atoms in total. The monoisotopic (exact) mass is 350 g/mol. The van der Waals surface area contributed by atoms with E-state index in [-0.39, 0.29) is 4.90 Å². The normalized spacial score (nSPS) is 11.9. The summed E-state index contributed by atoms with van der Waals surface area (Å²) in [5.74, 6) is 0. The SMILES string of the molecule is Cc1cc2nc(Br)ccc2n1S(=O)(=O)c1ccccc1. The molecule has 0 fully saturated rings. The van der Waals surface area contributed by atoms with Gasteiger partial charge in [0.2, 0.25) is 0 Å². The summed E-state index contributed by atoms with van der Waals surface area (Å²) in [5, 5.41) is 0. The lowest BCUT2D eigenvalue weighted by molar-refractivity contribution is 0.588. The first-order valence-electron chi connectivity index (χ1n) is 5.95. The zero-order valence-corrected chi connectivity index (χ0v) is 13.0. The standard InChI is InChI=1S/C14H11BrN2O2S/c1-10-9-12-13(7-8-14(15)16-12)17(10)20(18,19)11-5-3-2-4-6-11/h2-9H,1H3. The maximum Gasteiger partial charge on any atom is 0.268 e. The highest BCUT2D eigenvalue weighted by Crippen LogP contribution is 2.25. The first kappa shape index (κ1) is 13.3. The van der Waals surface area contributed by atoms with Crippen molar-refractivity contribution in [3.05, 3.63) is 58.8 Å². The second-order valence-corrected chi connectivity index (χ2v) is 7.01. The van der Waals surface area contributed by atoms with Crippen LogP contribution in [0.25, 0.3) is 11.0 Å². The van der Waals surface area contributed by atoms with Crippen molar-refractivity contribution in [2.24, 2.45) is 0 Å². The molecule has 0 unspecified atom stereocenters. The Labute approximate surface area is 125 Å². The van der Waals surface area contributed by atoms with Crippen molar-refractivity contribution in [2.75, 3.05) is 0 Å². The van der Waals surface area contributed by atoms with Gasteiger partial charge >= 0.3 is 0 Å². The van der Waals surface area contributed by atoms with Crippen LogP contribution in [0, 0.1) is 6.92 Å². The molecule has 0 aliphatic carbocycles. The Kier molecular flexibility index (Phi) is 3.14. The van der Waals surface area contributed by atoms with Gasteiger partial charge in [-0.2, -0.15) is 0 Å². The molecule has 2 heterocycles. The number of halogens is 1. The summed E-state index contributed by atoms with van der Waals surface area (Å²) in [6, 6.07) is 13.6. The van der Waals surface area contributed by atoms with Crippen molar-refractivity contribution < 1.29 is 8.42 Å². The molecule has 0 spiro atoms. The minimum absolute atomic E-state index is 0.267. The Bertz CT molecular complexity index is 886. The summed E-state index contributed by atoms with van der Waals surface area (Å²) in [6.07, 6.45) is 0. The molecule has 0 atom stereocenters. The van der Waals surface area contributed by atoms with E-state index in [1.165, 1.54) is 3.97 Å². The summed E-state index contributed by atoms with van der Waals surface area (Å²) >= 11 is 3.29. The van der Waals surface area contributed by atoms with Crippen molar-refractivity contribution in [3.8, 4) is 0 Å². The van der Waals surface area contributed by atoms with Crippen LogP contribution >= 0.6 is 15.9 Å². The molecule has 0 aliphatic rings. The van der Waals surface area contributed by atoms with E-state index in [9.17, 15) is 8.42 Å². The Balaban J connectivity index is 2.32. The number of hydrogen-bond acceptors (Lipinski definition) is 3. The third kappa shape index (κ3) is 2.05. The number of benzene rings is 1. The molecule has 102 valence electrons. The van der Waals surface area contributed by atoms with Gasteiger partial charge in [-0.05, 0) is 53.2 Å². The van der Waals surface area contributed by atoms with Crippen LogP contribution in [0.15, 0.2) is 58.0 Å². The minimum atomic E-state index is -3.60. The van der Waals surface area contributed by atoms with Gasteiger partial charge in [-0.15, -0.1) is 0 Å². The zero-order valence-electron chi connectivity index (χ0n) is 10.6. The van der Waals surface area contributed by atoms with Crippen molar-refractivity contribution in [2.45, 2.75) is 11.8 Å². The molecule has 0 aliphatic heterocycles. The van der Waals surface area contributed by atoms with Crippen LogP contribution in [-0.4, -0.2) is 17.4 Å². The van der Waals surface area contributed by atoms with Crippen LogP contribution in [0.2, 0.25) is 0 Å². The lowest BCUT2D eigenvalue weighted by Crippen LogP contribution is -2.14. The van der Waals surface area contributed by atoms with E-state index in [1.807, 2.05) is 0 Å². The number of fused-ring (bicyclic) bond motifs is 1. The van der Waals surface area contributed by atoms with Gasteiger partial charge in [-0.3, -0.25) is 0 Å². The highest BCUT2D eigenvalue weighted by atomic mass is 79.9. The lowest BCUT2D eigenvalue weighted by atomic mass is 10.4. The van der Waals surface area contributed by atoms with Gasteiger partial charge in [-0.1, -0.05) is 18.2 Å². The number of aryl methyl sites for hydroxylation is 1. The van der Waals surface area contributed by atoms with E-state index in [1.54, 1.807) is 55.5 Å². The van der Waals surface area contributed by atoms with Gasteiger partial charge < -0.3 is 0 Å². The van der Waals surface area contributed by atoms with Crippen molar-refractivity contribution in [1.82, 2.24) is 8.96 Å². The van der Waals surface area contributed by atoms with Crippen LogP contribution in [0.1, 0.15) is 5.69 Å². The summed E-state index contributed by atoms with van der Waals surface area (Å²) in [6.45, 7) is 1.76. The molecule has 1 aromatic carbocycles. The molecule has 0 amide bonds. The third-order valence-electron chi connectivity index (χ3n) is 3.03. The number of hydrogen-bond donors (Lipinski definition) is 0. The Morgan fingerprint density at radius 3 is 2.50 bits per heavy atom. The number of aromatic nitrogens is 2. The van der Waals surface area contributed by atoms with Crippen LogP contribution in [0.4, 0.5) is 0 Å². The second-order valence-electron chi connectivity index (χ2n) is 4.41. The van der Waals surface area contributed by atoms with Gasteiger partial charge in [0.15, 0.2) is 0 Å². The molecule has 0 N–H and O–H groups in total. The predicted octanol–water partition coefficient (Wildman–Crippen LogP) is 3.34. The average Bonchev–Trinajstić information content (AvgIpc) is 2.75. The Hall–Kier alpha value is -1.66. The van der Waals surface area contributed by atoms with E-state index in [0.29, 0.717) is 21.3 Å². The first-order chi connectivity index (χ1) is 9.50. The van der Waals surface area contributed by atoms with Gasteiger partial charge in [0, 0.05) is 5.69 Å². The van der Waals surface area contributed by atoms with E-state index >= 15 is 0 Å². The smallest absolute Gasteiger partial charge is 0.239 e. The van der Waals surface area contributed by atoms with Crippen molar-refractivity contribution in [1.29, 1.82) is 0 Å². The maximum atomic E-state index is 12.7. The quantitative estimate of drug-likeness (QED) is 0.666.